The highest BCUT2D eigenvalue weighted by Crippen LogP contribution is 2.30. The Labute approximate surface area is 223 Å². The zero-order valence-electron chi connectivity index (χ0n) is 18.1. The van der Waals surface area contributed by atoms with E-state index in [1.165, 1.54) is 0 Å². The van der Waals surface area contributed by atoms with E-state index in [1.54, 1.807) is 12.4 Å². The summed E-state index contributed by atoms with van der Waals surface area (Å²) in [7, 11) is 1.99. The van der Waals surface area contributed by atoms with Gasteiger partial charge in [-0.05, 0) is 48.5 Å². The highest BCUT2D eigenvalue weighted by Gasteiger charge is 2.08. The van der Waals surface area contributed by atoms with Crippen molar-refractivity contribution in [3.63, 3.8) is 0 Å². The zero-order valence-corrected chi connectivity index (χ0v) is 21.8. The highest BCUT2D eigenvalue weighted by atomic mass is 127. The molecule has 0 radical (unpaired) electrons. The molecule has 170 valence electrons. The Morgan fingerprint density at radius 3 is 1.62 bits per heavy atom. The normalized spacial score (nSPS) is 10.6. The maximum absolute atomic E-state index is 5.93. The van der Waals surface area contributed by atoms with Crippen LogP contribution in [0.2, 0.25) is 10.0 Å². The summed E-state index contributed by atoms with van der Waals surface area (Å²) in [5.74, 6) is 1.70. The molecule has 0 amide bonds. The van der Waals surface area contributed by atoms with Crippen LogP contribution >= 0.6 is 23.2 Å². The van der Waals surface area contributed by atoms with Crippen molar-refractivity contribution >= 4 is 45.1 Å². The van der Waals surface area contributed by atoms with Crippen molar-refractivity contribution in [2.24, 2.45) is 7.05 Å². The van der Waals surface area contributed by atoms with Crippen LogP contribution in [0.15, 0.2) is 106 Å². The molecule has 0 aliphatic rings. The Balaban J connectivity index is 0.000000157. The first-order valence-electron chi connectivity index (χ1n) is 10.3. The number of hydrogen-bond donors (Lipinski definition) is 0. The fourth-order valence-electron chi connectivity index (χ4n) is 3.48. The van der Waals surface area contributed by atoms with Gasteiger partial charge >= 0.3 is 0 Å². The van der Waals surface area contributed by atoms with Gasteiger partial charge in [-0.3, -0.25) is 4.98 Å². The third-order valence-electron chi connectivity index (χ3n) is 5.19. The molecular weight excluding hydrogens is 582 g/mol. The fraction of sp³-hybridized carbons (Fsp3) is 0.0370. The molecular formula is C27H19Cl2IN2O2. The van der Waals surface area contributed by atoms with Gasteiger partial charge < -0.3 is 32.8 Å². The van der Waals surface area contributed by atoms with Gasteiger partial charge in [0.2, 0.25) is 0 Å². The molecule has 4 aromatic heterocycles. The second-order valence-corrected chi connectivity index (χ2v) is 8.45. The van der Waals surface area contributed by atoms with Crippen molar-refractivity contribution in [3.8, 4) is 22.6 Å². The molecule has 4 heterocycles. The molecule has 0 spiro atoms. The number of furan rings is 2. The fourth-order valence-corrected chi connectivity index (χ4v) is 3.80. The monoisotopic (exact) mass is 600 g/mol. The molecule has 7 heteroatoms. The second kappa shape index (κ2) is 10.6. The average molecular weight is 601 g/mol. The SMILES string of the molecule is C[n+]1ccc(-c2cc3ccc(Cl)cc3o2)cc1.Clc1ccc2cc(-c3ccncc3)oc2c1.[I-]. The molecule has 4 nitrogen and oxygen atoms in total. The molecule has 0 aliphatic carbocycles. The van der Waals surface area contributed by atoms with E-state index in [-0.39, 0.29) is 24.0 Å². The first kappa shape index (κ1) is 24.3. The maximum Gasteiger partial charge on any atom is 0.169 e. The Bertz CT molecular complexity index is 1540. The second-order valence-electron chi connectivity index (χ2n) is 7.57. The number of aryl methyl sites for hydroxylation is 1. The minimum Gasteiger partial charge on any atom is -1.00 e. The summed E-state index contributed by atoms with van der Waals surface area (Å²) in [6.45, 7) is 0. The molecule has 0 N–H and O–H groups in total. The Morgan fingerprint density at radius 1 is 0.647 bits per heavy atom. The number of pyridine rings is 2. The zero-order chi connectivity index (χ0) is 22.8. The molecule has 0 bridgehead atoms. The minimum absolute atomic E-state index is 0. The number of hydrogen-bond acceptors (Lipinski definition) is 3. The predicted octanol–water partition coefficient (Wildman–Crippen LogP) is 4.73. The molecule has 0 fully saturated rings. The lowest BCUT2D eigenvalue weighted by Gasteiger charge is -1.93. The van der Waals surface area contributed by atoms with Gasteiger partial charge in [-0.1, -0.05) is 23.2 Å². The van der Waals surface area contributed by atoms with Crippen LogP contribution < -0.4 is 28.5 Å². The summed E-state index contributed by atoms with van der Waals surface area (Å²) in [5.41, 5.74) is 3.71. The predicted molar refractivity (Wildman–Crippen MR) is 132 cm³/mol. The Kier molecular flexibility index (Phi) is 7.56. The highest BCUT2D eigenvalue weighted by molar-refractivity contribution is 6.31. The summed E-state index contributed by atoms with van der Waals surface area (Å²) >= 11 is 11.8. The number of aromatic nitrogens is 2. The van der Waals surface area contributed by atoms with Crippen LogP contribution in [0.4, 0.5) is 0 Å². The molecule has 0 saturated carbocycles. The number of fused-ring (bicyclic) bond motifs is 2. The van der Waals surface area contributed by atoms with E-state index in [0.29, 0.717) is 10.0 Å². The van der Waals surface area contributed by atoms with Crippen LogP contribution in [0.25, 0.3) is 44.6 Å². The summed E-state index contributed by atoms with van der Waals surface area (Å²) in [6, 6.07) is 23.2. The van der Waals surface area contributed by atoms with Gasteiger partial charge in [-0.2, -0.15) is 0 Å². The van der Waals surface area contributed by atoms with Gasteiger partial charge in [0, 0.05) is 68.6 Å². The van der Waals surface area contributed by atoms with Crippen molar-refractivity contribution in [2.45, 2.75) is 0 Å². The van der Waals surface area contributed by atoms with Gasteiger partial charge in [-0.25, -0.2) is 4.57 Å². The third-order valence-corrected chi connectivity index (χ3v) is 5.66. The van der Waals surface area contributed by atoms with E-state index in [1.807, 2.05) is 96.8 Å². The number of benzene rings is 2. The molecule has 2 aromatic carbocycles. The third kappa shape index (κ3) is 5.43. The van der Waals surface area contributed by atoms with Crippen LogP contribution in [-0.2, 0) is 7.05 Å². The molecule has 0 atom stereocenters. The average Bonchev–Trinajstić information content (AvgIpc) is 3.44. The van der Waals surface area contributed by atoms with Gasteiger partial charge in [0.15, 0.2) is 12.4 Å². The molecule has 6 aromatic rings. The van der Waals surface area contributed by atoms with Crippen molar-refractivity contribution in [2.75, 3.05) is 0 Å². The Morgan fingerprint density at radius 2 is 1.12 bits per heavy atom. The molecule has 0 aliphatic heterocycles. The first-order chi connectivity index (χ1) is 16.0. The van der Waals surface area contributed by atoms with Crippen LogP contribution in [0.5, 0.6) is 0 Å². The number of nitrogens with zero attached hydrogens (tertiary/aromatic N) is 2. The maximum atomic E-state index is 5.93. The van der Waals surface area contributed by atoms with E-state index in [4.69, 9.17) is 32.0 Å². The smallest absolute Gasteiger partial charge is 0.169 e. The topological polar surface area (TPSA) is 43.0 Å². The van der Waals surface area contributed by atoms with E-state index in [2.05, 4.69) is 4.98 Å². The summed E-state index contributed by atoms with van der Waals surface area (Å²) in [6.07, 6.45) is 7.48. The van der Waals surface area contributed by atoms with Crippen LogP contribution in [0.3, 0.4) is 0 Å². The lowest BCUT2D eigenvalue weighted by molar-refractivity contribution is -0.671. The lowest BCUT2D eigenvalue weighted by Crippen LogP contribution is -3.00. The van der Waals surface area contributed by atoms with Crippen LogP contribution in [0, 0.1) is 0 Å². The van der Waals surface area contributed by atoms with Crippen LogP contribution in [-0.4, -0.2) is 4.98 Å². The largest absolute Gasteiger partial charge is 1.00 e. The summed E-state index contributed by atoms with van der Waals surface area (Å²) in [4.78, 5) is 3.98. The van der Waals surface area contributed by atoms with Crippen molar-refractivity contribution in [1.29, 1.82) is 0 Å². The van der Waals surface area contributed by atoms with E-state index >= 15 is 0 Å². The molecule has 0 saturated heterocycles. The number of halogens is 3. The quantitative estimate of drug-likeness (QED) is 0.213. The van der Waals surface area contributed by atoms with Crippen molar-refractivity contribution in [1.82, 2.24) is 4.98 Å². The van der Waals surface area contributed by atoms with Gasteiger partial charge in [0.25, 0.3) is 0 Å². The molecule has 34 heavy (non-hydrogen) atoms. The lowest BCUT2D eigenvalue weighted by atomic mass is 10.2. The Hall–Kier alpha value is -2.87. The van der Waals surface area contributed by atoms with Gasteiger partial charge in [0.1, 0.15) is 29.7 Å². The summed E-state index contributed by atoms with van der Waals surface area (Å²) < 4.78 is 13.5. The minimum atomic E-state index is 0. The number of rotatable bonds is 2. The molecule has 6 rings (SSSR count). The van der Waals surface area contributed by atoms with Gasteiger partial charge in [-0.15, -0.1) is 0 Å². The van der Waals surface area contributed by atoms with Crippen LogP contribution in [0.1, 0.15) is 0 Å². The van der Waals surface area contributed by atoms with E-state index in [9.17, 15) is 0 Å². The van der Waals surface area contributed by atoms with Crippen molar-refractivity contribution in [3.05, 3.63) is 108 Å². The first-order valence-corrected chi connectivity index (χ1v) is 11.0. The standard InChI is InChI=1S/C14H11ClNO.C13H8ClNO.HI/c1-16-6-4-10(5-7-16)13-8-11-2-3-12(15)9-14(11)17-13;14-11-2-1-10-7-12(16-13(10)8-11)9-3-5-15-6-4-9;/h2-9H,1H3;1-8H;1H/q+1;;/p-1. The van der Waals surface area contributed by atoms with Gasteiger partial charge in [0.05, 0.1) is 0 Å². The summed E-state index contributed by atoms with van der Waals surface area (Å²) in [5, 5.41) is 3.50. The van der Waals surface area contributed by atoms with E-state index in [0.717, 1.165) is 44.6 Å². The van der Waals surface area contributed by atoms with E-state index < -0.39 is 0 Å². The van der Waals surface area contributed by atoms with Crippen molar-refractivity contribution < 1.29 is 37.4 Å². The molecule has 0 unspecified atom stereocenters.